The fourth-order valence-corrected chi connectivity index (χ4v) is 5.51. The van der Waals surface area contributed by atoms with Gasteiger partial charge in [-0.3, -0.25) is 24.1 Å². The second kappa shape index (κ2) is 4.90. The Hall–Kier alpha value is -2.76. The summed E-state index contributed by atoms with van der Waals surface area (Å²) in [5.74, 6) is -2.45. The van der Waals surface area contributed by atoms with Crippen LogP contribution in [0.4, 0.5) is 0 Å². The van der Waals surface area contributed by atoms with Gasteiger partial charge in [-0.2, -0.15) is 0 Å². The fourth-order valence-electron chi connectivity index (χ4n) is 5.51. The average Bonchev–Trinajstić information content (AvgIpc) is 3.17. The lowest BCUT2D eigenvalue weighted by Gasteiger charge is -2.38. The van der Waals surface area contributed by atoms with Gasteiger partial charge in [0.25, 0.3) is 5.91 Å². The van der Waals surface area contributed by atoms with Crippen LogP contribution in [-0.4, -0.2) is 53.4 Å². The second-order valence-corrected chi connectivity index (χ2v) is 7.66. The van der Waals surface area contributed by atoms with Gasteiger partial charge in [0, 0.05) is 37.1 Å². The number of imide groups is 1. The van der Waals surface area contributed by atoms with Crippen LogP contribution in [0.15, 0.2) is 35.9 Å². The highest BCUT2D eigenvalue weighted by Gasteiger charge is 2.66. The van der Waals surface area contributed by atoms with Crippen LogP contribution < -0.4 is 0 Å². The maximum absolute atomic E-state index is 13.2. The molecule has 6 nitrogen and oxygen atoms in total. The van der Waals surface area contributed by atoms with E-state index < -0.39 is 23.8 Å². The van der Waals surface area contributed by atoms with Crippen molar-refractivity contribution in [2.45, 2.75) is 12.5 Å². The van der Waals surface area contributed by atoms with Crippen molar-refractivity contribution in [1.82, 2.24) is 9.80 Å². The smallest absolute Gasteiger partial charge is 0.250 e. The highest BCUT2D eigenvalue weighted by atomic mass is 16.2. The van der Waals surface area contributed by atoms with Gasteiger partial charge in [0.1, 0.15) is 0 Å². The number of hydrogen-bond acceptors (Lipinski definition) is 4. The summed E-state index contributed by atoms with van der Waals surface area (Å²) in [4.78, 5) is 54.2. The number of rotatable bonds is 1. The zero-order valence-corrected chi connectivity index (χ0v) is 14.5. The number of Topliss-reactive ketones (excluding diaryl/α,β-unsaturated/α-hetero) is 1. The molecule has 5 rings (SSSR count). The summed E-state index contributed by atoms with van der Waals surface area (Å²) in [5, 5.41) is 0. The summed E-state index contributed by atoms with van der Waals surface area (Å²) in [5.41, 5.74) is 1.75. The van der Waals surface area contributed by atoms with Crippen LogP contribution in [0.3, 0.4) is 0 Å². The van der Waals surface area contributed by atoms with E-state index in [9.17, 15) is 19.2 Å². The first-order valence-electron chi connectivity index (χ1n) is 8.86. The van der Waals surface area contributed by atoms with Crippen molar-refractivity contribution < 1.29 is 19.2 Å². The number of benzene rings is 1. The number of likely N-dealkylation sites (tertiary alicyclic amines) is 2. The van der Waals surface area contributed by atoms with E-state index in [1.165, 1.54) is 11.9 Å². The molecule has 0 spiro atoms. The molecule has 4 aliphatic rings. The van der Waals surface area contributed by atoms with E-state index in [1.54, 1.807) is 11.9 Å². The molecule has 0 bridgehead atoms. The van der Waals surface area contributed by atoms with E-state index in [0.29, 0.717) is 17.6 Å². The highest BCUT2D eigenvalue weighted by Crippen LogP contribution is 2.57. The Morgan fingerprint density at radius 3 is 2.27 bits per heavy atom. The predicted molar refractivity (Wildman–Crippen MR) is 91.3 cm³/mol. The van der Waals surface area contributed by atoms with E-state index in [1.807, 2.05) is 30.3 Å². The number of hydrogen-bond donors (Lipinski definition) is 0. The van der Waals surface area contributed by atoms with Gasteiger partial charge < -0.3 is 4.90 Å². The van der Waals surface area contributed by atoms with Crippen molar-refractivity contribution >= 4 is 29.1 Å². The number of nitrogens with zero attached hydrogens (tertiary/aromatic N) is 2. The fraction of sp³-hybridized carbons (Fsp3) is 0.400. The molecule has 0 radical (unpaired) electrons. The Kier molecular flexibility index (Phi) is 2.92. The standard InChI is InChI=1S/C20H18N2O4/c1-21-16-13-10(8-11-14(16)19(25)22(2)18(11)24)17(23)12(15(13)20(21)26)9-6-4-3-5-7-9/h3-7,10-11,13-14,16H,8H2,1-2H3/t10-,11+,13+,14+,16-/m1/s1. The number of carbonyl (C=O) groups is 4. The van der Waals surface area contributed by atoms with Gasteiger partial charge in [-0.05, 0) is 12.0 Å². The van der Waals surface area contributed by atoms with Crippen LogP contribution >= 0.6 is 0 Å². The first-order chi connectivity index (χ1) is 12.4. The third-order valence-corrected chi connectivity index (χ3v) is 6.62. The molecule has 0 N–H and O–H groups in total. The molecule has 0 unspecified atom stereocenters. The maximum atomic E-state index is 13.2. The van der Waals surface area contributed by atoms with E-state index >= 15 is 0 Å². The lowest BCUT2D eigenvalue weighted by Crippen LogP contribution is -2.50. The Morgan fingerprint density at radius 1 is 0.885 bits per heavy atom. The third-order valence-electron chi connectivity index (χ3n) is 6.62. The molecule has 26 heavy (non-hydrogen) atoms. The Balaban J connectivity index is 1.70. The van der Waals surface area contributed by atoms with E-state index in [-0.39, 0.29) is 29.4 Å². The maximum Gasteiger partial charge on any atom is 0.250 e. The molecule has 1 saturated carbocycles. The van der Waals surface area contributed by atoms with Crippen LogP contribution in [0, 0.1) is 23.7 Å². The molecule has 1 aromatic carbocycles. The summed E-state index contributed by atoms with van der Waals surface area (Å²) < 4.78 is 0. The first kappa shape index (κ1) is 15.5. The zero-order chi connectivity index (χ0) is 18.3. The predicted octanol–water partition coefficient (Wildman–Crippen LogP) is 0.731. The van der Waals surface area contributed by atoms with E-state index in [4.69, 9.17) is 0 Å². The van der Waals surface area contributed by atoms with Gasteiger partial charge in [0.05, 0.1) is 17.9 Å². The topological polar surface area (TPSA) is 74.8 Å². The van der Waals surface area contributed by atoms with E-state index in [0.717, 1.165) is 5.56 Å². The molecule has 6 heteroatoms. The van der Waals surface area contributed by atoms with Gasteiger partial charge >= 0.3 is 0 Å². The van der Waals surface area contributed by atoms with Gasteiger partial charge in [0.2, 0.25) is 11.8 Å². The third kappa shape index (κ3) is 1.62. The quantitative estimate of drug-likeness (QED) is 0.700. The minimum atomic E-state index is -0.539. The molecule has 0 aromatic heterocycles. The number of ketones is 1. The van der Waals surface area contributed by atoms with Crippen molar-refractivity contribution in [3.05, 3.63) is 41.5 Å². The monoisotopic (exact) mass is 350 g/mol. The van der Waals surface area contributed by atoms with Gasteiger partial charge in [-0.15, -0.1) is 0 Å². The van der Waals surface area contributed by atoms with Gasteiger partial charge in [0.15, 0.2) is 5.78 Å². The molecular formula is C20H18N2O4. The van der Waals surface area contributed by atoms with Crippen LogP contribution in [0.2, 0.25) is 0 Å². The van der Waals surface area contributed by atoms with Crippen LogP contribution in [0.5, 0.6) is 0 Å². The SMILES string of the molecule is CN1C(=O)[C@@H]2[C@H]3[C@@H]4C(=C(c5ccccc5)C(=O)[C@@H]4C[C@@H]2C1=O)C(=O)N3C. The van der Waals surface area contributed by atoms with Crippen LogP contribution in [0.1, 0.15) is 12.0 Å². The van der Waals surface area contributed by atoms with Gasteiger partial charge in [-0.1, -0.05) is 30.3 Å². The van der Waals surface area contributed by atoms with Crippen LogP contribution in [-0.2, 0) is 19.2 Å². The highest BCUT2D eigenvalue weighted by molar-refractivity contribution is 6.32. The number of amides is 3. The molecule has 2 aliphatic carbocycles. The summed E-state index contributed by atoms with van der Waals surface area (Å²) in [6, 6.07) is 8.81. The Bertz CT molecular complexity index is 919. The minimum absolute atomic E-state index is 0.0593. The minimum Gasteiger partial charge on any atom is -0.337 e. The lowest BCUT2D eigenvalue weighted by atomic mass is 9.66. The van der Waals surface area contributed by atoms with Crippen molar-refractivity contribution in [3.8, 4) is 0 Å². The molecule has 3 fully saturated rings. The lowest BCUT2D eigenvalue weighted by molar-refractivity contribution is -0.138. The molecular weight excluding hydrogens is 332 g/mol. The molecule has 2 saturated heterocycles. The zero-order valence-electron chi connectivity index (χ0n) is 14.5. The van der Waals surface area contributed by atoms with Crippen molar-refractivity contribution in [1.29, 1.82) is 0 Å². The van der Waals surface area contributed by atoms with Crippen molar-refractivity contribution in [2.75, 3.05) is 14.1 Å². The summed E-state index contributed by atoms with van der Waals surface area (Å²) in [7, 11) is 3.17. The van der Waals surface area contributed by atoms with Crippen molar-refractivity contribution in [2.24, 2.45) is 23.7 Å². The Labute approximate surface area is 150 Å². The second-order valence-electron chi connectivity index (χ2n) is 7.66. The number of likely N-dealkylation sites (N-methyl/N-ethyl adjacent to an activating group) is 1. The largest absolute Gasteiger partial charge is 0.337 e. The summed E-state index contributed by atoms with van der Waals surface area (Å²) in [6.07, 6.45) is 0.348. The normalized spacial score (nSPS) is 35.5. The summed E-state index contributed by atoms with van der Waals surface area (Å²) >= 11 is 0. The molecule has 2 heterocycles. The molecule has 1 aromatic rings. The van der Waals surface area contributed by atoms with E-state index in [2.05, 4.69) is 0 Å². The average molecular weight is 350 g/mol. The molecule has 132 valence electrons. The summed E-state index contributed by atoms with van der Waals surface area (Å²) in [6.45, 7) is 0. The first-order valence-corrected chi connectivity index (χ1v) is 8.86. The molecule has 5 atom stereocenters. The van der Waals surface area contributed by atoms with Gasteiger partial charge in [-0.25, -0.2) is 0 Å². The number of fused-ring (bicyclic) bond motifs is 2. The molecule has 2 aliphatic heterocycles. The van der Waals surface area contributed by atoms with Crippen LogP contribution in [0.25, 0.3) is 5.57 Å². The number of allylic oxidation sites excluding steroid dienone is 1. The Morgan fingerprint density at radius 2 is 1.58 bits per heavy atom. The molecule has 3 amide bonds. The van der Waals surface area contributed by atoms with Crippen molar-refractivity contribution in [3.63, 3.8) is 0 Å². The number of carbonyl (C=O) groups excluding carboxylic acids is 4.